The molecule has 160 valence electrons. The number of hydrogen-bond acceptors (Lipinski definition) is 3. The summed E-state index contributed by atoms with van der Waals surface area (Å²) in [6.07, 6.45) is 3.80. The molecule has 0 atom stereocenters. The number of Topliss-reactive ketones (excluding diaryl/α,β-unsaturated/α-hetero) is 1. The summed E-state index contributed by atoms with van der Waals surface area (Å²) in [6.45, 7) is 2.44. The molecule has 0 spiro atoms. The van der Waals surface area contributed by atoms with E-state index in [0.717, 1.165) is 39.2 Å². The molecule has 3 N–H and O–H groups in total. The van der Waals surface area contributed by atoms with Crippen LogP contribution in [0.25, 0.3) is 32.7 Å². The molecule has 1 amide bonds. The number of amides is 1. The first-order valence-electron chi connectivity index (χ1n) is 10.9. The molecule has 0 saturated heterocycles. The van der Waals surface area contributed by atoms with Crippen molar-refractivity contribution in [3.63, 3.8) is 0 Å². The fourth-order valence-electron chi connectivity index (χ4n) is 4.25. The summed E-state index contributed by atoms with van der Waals surface area (Å²) in [6, 6.07) is 17.7. The number of rotatable bonds is 7. The van der Waals surface area contributed by atoms with Crippen molar-refractivity contribution < 1.29 is 9.59 Å². The van der Waals surface area contributed by atoms with Crippen LogP contribution in [-0.2, 0) is 6.42 Å². The standard InChI is InChI=1S/C26H24N4O2/c1-2-7-23(31)25-24-19(18-9-4-6-11-21(18)29-24)14-22(30-25)26(32)27-13-12-16-15-28-20-10-5-3-8-17(16)20/h3-6,8-11,14-15,28-29H,2,7,12-13H2,1H3,(H,27,32). The van der Waals surface area contributed by atoms with E-state index < -0.39 is 0 Å². The van der Waals surface area contributed by atoms with E-state index in [4.69, 9.17) is 0 Å². The number of H-pyrrole nitrogens is 2. The number of fused-ring (bicyclic) bond motifs is 4. The first kappa shape index (κ1) is 20.0. The van der Waals surface area contributed by atoms with Crippen LogP contribution >= 0.6 is 0 Å². The molecule has 5 rings (SSSR count). The summed E-state index contributed by atoms with van der Waals surface area (Å²) in [4.78, 5) is 36.8. The summed E-state index contributed by atoms with van der Waals surface area (Å²) in [5, 5.41) is 5.95. The highest BCUT2D eigenvalue weighted by Crippen LogP contribution is 2.28. The van der Waals surface area contributed by atoms with Crippen LogP contribution in [-0.4, -0.2) is 33.2 Å². The molecule has 3 heterocycles. The maximum absolute atomic E-state index is 13.0. The Balaban J connectivity index is 1.44. The van der Waals surface area contributed by atoms with Gasteiger partial charge in [0.15, 0.2) is 5.78 Å². The Labute approximate surface area is 185 Å². The van der Waals surface area contributed by atoms with Crippen molar-refractivity contribution in [2.24, 2.45) is 0 Å². The van der Waals surface area contributed by atoms with E-state index in [2.05, 4.69) is 26.3 Å². The van der Waals surface area contributed by atoms with Crippen LogP contribution in [0.1, 0.15) is 46.3 Å². The van der Waals surface area contributed by atoms with Crippen LogP contribution in [0.3, 0.4) is 0 Å². The molecule has 2 aromatic carbocycles. The van der Waals surface area contributed by atoms with E-state index >= 15 is 0 Å². The summed E-state index contributed by atoms with van der Waals surface area (Å²) in [5.41, 5.74) is 4.45. The van der Waals surface area contributed by atoms with Gasteiger partial charge in [0.05, 0.1) is 5.52 Å². The van der Waals surface area contributed by atoms with Crippen molar-refractivity contribution >= 4 is 44.4 Å². The highest BCUT2D eigenvalue weighted by atomic mass is 16.2. The Morgan fingerprint density at radius 2 is 1.72 bits per heavy atom. The quantitative estimate of drug-likeness (QED) is 0.316. The molecule has 32 heavy (non-hydrogen) atoms. The summed E-state index contributed by atoms with van der Waals surface area (Å²) in [7, 11) is 0. The molecule has 3 aromatic heterocycles. The van der Waals surface area contributed by atoms with Gasteiger partial charge in [0.25, 0.3) is 5.91 Å². The molecule has 0 bridgehead atoms. The van der Waals surface area contributed by atoms with E-state index in [0.29, 0.717) is 30.6 Å². The molecule has 0 fully saturated rings. The second-order valence-corrected chi connectivity index (χ2v) is 7.99. The second kappa shape index (κ2) is 8.30. The molecular weight excluding hydrogens is 400 g/mol. The molecule has 6 heteroatoms. The number of pyridine rings is 1. The van der Waals surface area contributed by atoms with Crippen molar-refractivity contribution in [3.8, 4) is 0 Å². The minimum atomic E-state index is -0.275. The van der Waals surface area contributed by atoms with Crippen LogP contribution in [0.15, 0.2) is 60.8 Å². The molecule has 0 radical (unpaired) electrons. The Morgan fingerprint density at radius 1 is 0.969 bits per heavy atom. The number of carbonyl (C=O) groups excluding carboxylic acids is 2. The van der Waals surface area contributed by atoms with E-state index in [-0.39, 0.29) is 17.4 Å². The third-order valence-electron chi connectivity index (χ3n) is 5.82. The maximum atomic E-state index is 13.0. The topological polar surface area (TPSA) is 90.6 Å². The summed E-state index contributed by atoms with van der Waals surface area (Å²) >= 11 is 0. The van der Waals surface area contributed by atoms with Gasteiger partial charge >= 0.3 is 0 Å². The number of ketones is 1. The molecule has 0 unspecified atom stereocenters. The molecule has 0 saturated carbocycles. The van der Waals surface area contributed by atoms with Gasteiger partial charge in [-0.15, -0.1) is 0 Å². The van der Waals surface area contributed by atoms with Gasteiger partial charge in [-0.3, -0.25) is 9.59 Å². The Kier molecular flexibility index (Phi) is 5.19. The number of hydrogen-bond donors (Lipinski definition) is 3. The third kappa shape index (κ3) is 3.54. The van der Waals surface area contributed by atoms with Crippen molar-refractivity contribution in [3.05, 3.63) is 77.7 Å². The number of carbonyl (C=O) groups is 2. The maximum Gasteiger partial charge on any atom is 0.269 e. The first-order chi connectivity index (χ1) is 15.7. The Bertz CT molecular complexity index is 1460. The zero-order chi connectivity index (χ0) is 22.1. The van der Waals surface area contributed by atoms with Crippen molar-refractivity contribution in [1.29, 1.82) is 0 Å². The highest BCUT2D eigenvalue weighted by molar-refractivity contribution is 6.16. The number of nitrogens with zero attached hydrogens (tertiary/aromatic N) is 1. The molecule has 6 nitrogen and oxygen atoms in total. The number of nitrogens with one attached hydrogen (secondary N) is 3. The van der Waals surface area contributed by atoms with Gasteiger partial charge in [-0.2, -0.15) is 0 Å². The van der Waals surface area contributed by atoms with Crippen LogP contribution < -0.4 is 5.32 Å². The van der Waals surface area contributed by atoms with Crippen LogP contribution in [0.5, 0.6) is 0 Å². The SMILES string of the molecule is CCCC(=O)c1nc(C(=O)NCCc2c[nH]c3ccccc23)cc2c1[nH]c1ccccc12. The largest absolute Gasteiger partial charge is 0.361 e. The monoisotopic (exact) mass is 424 g/mol. The lowest BCUT2D eigenvalue weighted by Gasteiger charge is -2.08. The van der Waals surface area contributed by atoms with Crippen LogP contribution in [0.2, 0.25) is 0 Å². The minimum Gasteiger partial charge on any atom is -0.361 e. The van der Waals surface area contributed by atoms with Crippen molar-refractivity contribution in [2.75, 3.05) is 6.54 Å². The molecule has 0 aliphatic carbocycles. The molecule has 5 aromatic rings. The van der Waals surface area contributed by atoms with Gasteiger partial charge in [-0.05, 0) is 36.6 Å². The van der Waals surface area contributed by atoms with Crippen LogP contribution in [0, 0.1) is 0 Å². The normalized spacial score (nSPS) is 11.4. The first-order valence-corrected chi connectivity index (χ1v) is 10.9. The fourth-order valence-corrected chi connectivity index (χ4v) is 4.25. The predicted octanol–water partition coefficient (Wildman–Crippen LogP) is 5.15. The van der Waals surface area contributed by atoms with Gasteiger partial charge in [0, 0.05) is 46.4 Å². The highest BCUT2D eigenvalue weighted by Gasteiger charge is 2.19. The zero-order valence-electron chi connectivity index (χ0n) is 17.9. The Hall–Kier alpha value is -3.93. The van der Waals surface area contributed by atoms with E-state index in [1.807, 2.05) is 55.6 Å². The van der Waals surface area contributed by atoms with E-state index in [1.165, 1.54) is 0 Å². The van der Waals surface area contributed by atoms with Gasteiger partial charge < -0.3 is 15.3 Å². The second-order valence-electron chi connectivity index (χ2n) is 7.99. The lowest BCUT2D eigenvalue weighted by atomic mass is 10.1. The number of aromatic amines is 2. The average Bonchev–Trinajstić information content (AvgIpc) is 3.40. The molecule has 0 aliphatic rings. The van der Waals surface area contributed by atoms with E-state index in [9.17, 15) is 9.59 Å². The number of benzene rings is 2. The Morgan fingerprint density at radius 3 is 2.53 bits per heavy atom. The zero-order valence-corrected chi connectivity index (χ0v) is 17.9. The lowest BCUT2D eigenvalue weighted by molar-refractivity contribution is 0.0949. The predicted molar refractivity (Wildman–Crippen MR) is 127 cm³/mol. The summed E-state index contributed by atoms with van der Waals surface area (Å²) < 4.78 is 0. The minimum absolute atomic E-state index is 0.0579. The van der Waals surface area contributed by atoms with E-state index in [1.54, 1.807) is 6.07 Å². The smallest absolute Gasteiger partial charge is 0.269 e. The van der Waals surface area contributed by atoms with Gasteiger partial charge in [-0.1, -0.05) is 43.3 Å². The van der Waals surface area contributed by atoms with Gasteiger partial charge in [-0.25, -0.2) is 4.98 Å². The molecule has 0 aliphatic heterocycles. The van der Waals surface area contributed by atoms with Crippen molar-refractivity contribution in [1.82, 2.24) is 20.3 Å². The average molecular weight is 425 g/mol. The number of para-hydroxylation sites is 2. The van der Waals surface area contributed by atoms with Crippen molar-refractivity contribution in [2.45, 2.75) is 26.2 Å². The lowest BCUT2D eigenvalue weighted by Crippen LogP contribution is -2.27. The van der Waals surface area contributed by atoms with Gasteiger partial charge in [0.2, 0.25) is 0 Å². The number of aromatic nitrogens is 3. The third-order valence-corrected chi connectivity index (χ3v) is 5.82. The summed E-state index contributed by atoms with van der Waals surface area (Å²) in [5.74, 6) is -0.333. The van der Waals surface area contributed by atoms with Gasteiger partial charge in [0.1, 0.15) is 11.4 Å². The molecular formula is C26H24N4O2. The van der Waals surface area contributed by atoms with Crippen LogP contribution in [0.4, 0.5) is 0 Å². The fraction of sp³-hybridized carbons (Fsp3) is 0.192.